The fourth-order valence-corrected chi connectivity index (χ4v) is 5.08. The fraction of sp³-hybridized carbons (Fsp3) is 0.222. The fourth-order valence-electron chi connectivity index (χ4n) is 2.68. The third-order valence-electron chi connectivity index (χ3n) is 4.06. The highest BCUT2D eigenvalue weighted by atomic mass is 32.2. The Hall–Kier alpha value is -1.96. The second-order valence-electron chi connectivity index (χ2n) is 5.87. The maximum atomic E-state index is 13.4. The van der Waals surface area contributed by atoms with Crippen LogP contribution in [0.2, 0.25) is 0 Å². The van der Waals surface area contributed by atoms with Gasteiger partial charge in [-0.05, 0) is 54.3 Å². The van der Waals surface area contributed by atoms with Gasteiger partial charge in [0.2, 0.25) is 10.0 Å². The molecule has 3 rings (SSSR count). The van der Waals surface area contributed by atoms with E-state index in [1.165, 1.54) is 33.8 Å². The molecule has 4 nitrogen and oxygen atoms in total. The van der Waals surface area contributed by atoms with Crippen LogP contribution in [-0.2, 0) is 30.2 Å². The van der Waals surface area contributed by atoms with Gasteiger partial charge < -0.3 is 4.57 Å². The third kappa shape index (κ3) is 3.84. The number of benzene rings is 1. The van der Waals surface area contributed by atoms with Crippen molar-refractivity contribution in [3.63, 3.8) is 0 Å². The molecule has 1 aromatic carbocycles. The Morgan fingerprint density at radius 3 is 2.56 bits per heavy atom. The molecule has 0 amide bonds. The minimum atomic E-state index is -3.76. The van der Waals surface area contributed by atoms with Crippen LogP contribution < -0.4 is 0 Å². The van der Waals surface area contributed by atoms with Crippen molar-refractivity contribution >= 4 is 21.4 Å². The van der Waals surface area contributed by atoms with E-state index in [0.717, 1.165) is 10.6 Å². The molecular formula is C18H19FN2O2S2. The van der Waals surface area contributed by atoms with Crippen LogP contribution in [-0.4, -0.2) is 17.3 Å². The monoisotopic (exact) mass is 378 g/mol. The van der Waals surface area contributed by atoms with Crippen LogP contribution in [0.1, 0.15) is 16.1 Å². The number of rotatable bonds is 6. The predicted octanol–water partition coefficient (Wildman–Crippen LogP) is 3.93. The standard InChI is InChI=1S/C18H19FN2O2S2/c1-14-11-15(19)7-8-18(14)25(22,23)21(13-17-6-4-10-24-17)12-16-5-3-9-20(16)2/h3-11H,12-13H2,1-2H3. The van der Waals surface area contributed by atoms with Gasteiger partial charge in [0.1, 0.15) is 5.82 Å². The van der Waals surface area contributed by atoms with Crippen molar-refractivity contribution < 1.29 is 12.8 Å². The first-order valence-corrected chi connectivity index (χ1v) is 10.1. The molecule has 0 atom stereocenters. The molecule has 2 aromatic heterocycles. The molecule has 0 saturated carbocycles. The highest BCUT2D eigenvalue weighted by molar-refractivity contribution is 7.89. The van der Waals surface area contributed by atoms with E-state index in [0.29, 0.717) is 5.56 Å². The Labute approximate surface area is 151 Å². The summed E-state index contributed by atoms with van der Waals surface area (Å²) in [5.74, 6) is -0.441. The van der Waals surface area contributed by atoms with E-state index in [2.05, 4.69) is 0 Å². The first kappa shape index (κ1) is 17.8. The van der Waals surface area contributed by atoms with Gasteiger partial charge in [-0.25, -0.2) is 12.8 Å². The highest BCUT2D eigenvalue weighted by Crippen LogP contribution is 2.25. The Morgan fingerprint density at radius 1 is 1.16 bits per heavy atom. The molecule has 7 heteroatoms. The summed E-state index contributed by atoms with van der Waals surface area (Å²) in [6.45, 7) is 2.14. The van der Waals surface area contributed by atoms with Crippen molar-refractivity contribution in [2.24, 2.45) is 7.05 Å². The summed E-state index contributed by atoms with van der Waals surface area (Å²) >= 11 is 1.51. The largest absolute Gasteiger partial charge is 0.353 e. The molecule has 0 aliphatic rings. The number of nitrogens with zero attached hydrogens (tertiary/aromatic N) is 2. The number of sulfonamides is 1. The summed E-state index contributed by atoms with van der Waals surface area (Å²) in [5.41, 5.74) is 1.29. The maximum absolute atomic E-state index is 13.4. The average molecular weight is 378 g/mol. The van der Waals surface area contributed by atoms with Crippen molar-refractivity contribution in [1.29, 1.82) is 0 Å². The molecule has 0 fully saturated rings. The molecule has 0 unspecified atom stereocenters. The zero-order valence-corrected chi connectivity index (χ0v) is 15.6. The van der Waals surface area contributed by atoms with E-state index in [4.69, 9.17) is 0 Å². The van der Waals surface area contributed by atoms with Gasteiger partial charge in [0, 0.05) is 30.4 Å². The van der Waals surface area contributed by atoms with E-state index in [-0.39, 0.29) is 18.0 Å². The smallest absolute Gasteiger partial charge is 0.244 e. The van der Waals surface area contributed by atoms with Crippen molar-refractivity contribution in [3.05, 3.63) is 76.0 Å². The first-order valence-electron chi connectivity index (χ1n) is 7.77. The summed E-state index contributed by atoms with van der Waals surface area (Å²) in [6, 6.07) is 11.4. The SMILES string of the molecule is Cc1cc(F)ccc1S(=O)(=O)N(Cc1cccs1)Cc1cccn1C. The quantitative estimate of drug-likeness (QED) is 0.652. The van der Waals surface area contributed by atoms with Crippen LogP contribution in [0.3, 0.4) is 0 Å². The summed E-state index contributed by atoms with van der Waals surface area (Å²) in [7, 11) is -1.87. The van der Waals surface area contributed by atoms with Gasteiger partial charge in [0.15, 0.2) is 0 Å². The van der Waals surface area contributed by atoms with Crippen LogP contribution in [0.5, 0.6) is 0 Å². The molecule has 0 bridgehead atoms. The second-order valence-corrected chi connectivity index (χ2v) is 8.81. The number of hydrogen-bond donors (Lipinski definition) is 0. The Kier molecular flexibility index (Phi) is 5.08. The topological polar surface area (TPSA) is 42.3 Å². The molecule has 132 valence electrons. The Bertz CT molecular complexity index is 963. The van der Waals surface area contributed by atoms with Gasteiger partial charge in [0.05, 0.1) is 11.4 Å². The molecule has 0 aliphatic carbocycles. The molecule has 25 heavy (non-hydrogen) atoms. The molecule has 0 saturated heterocycles. The molecule has 0 radical (unpaired) electrons. The van der Waals surface area contributed by atoms with Crippen molar-refractivity contribution in [2.75, 3.05) is 0 Å². The molecule has 0 aliphatic heterocycles. The molecule has 0 N–H and O–H groups in total. The second kappa shape index (κ2) is 7.11. The number of hydrogen-bond acceptors (Lipinski definition) is 3. The third-order valence-corrected chi connectivity index (χ3v) is 6.87. The number of halogens is 1. The van der Waals surface area contributed by atoms with Gasteiger partial charge in [0.25, 0.3) is 0 Å². The molecule has 0 spiro atoms. The minimum absolute atomic E-state index is 0.139. The summed E-state index contributed by atoms with van der Waals surface area (Å²) in [6.07, 6.45) is 1.88. The van der Waals surface area contributed by atoms with E-state index in [1.54, 1.807) is 6.92 Å². The van der Waals surface area contributed by atoms with Gasteiger partial charge >= 0.3 is 0 Å². The number of aromatic nitrogens is 1. The lowest BCUT2D eigenvalue weighted by Gasteiger charge is -2.23. The zero-order valence-electron chi connectivity index (χ0n) is 14.0. The summed E-state index contributed by atoms with van der Waals surface area (Å²) in [4.78, 5) is 1.09. The van der Waals surface area contributed by atoms with E-state index >= 15 is 0 Å². The number of thiophene rings is 1. The average Bonchev–Trinajstić information content (AvgIpc) is 3.18. The molecule has 2 heterocycles. The van der Waals surface area contributed by atoms with E-state index in [9.17, 15) is 12.8 Å². The van der Waals surface area contributed by atoms with E-state index in [1.807, 2.05) is 47.5 Å². The van der Waals surface area contributed by atoms with Crippen molar-refractivity contribution in [2.45, 2.75) is 24.9 Å². The van der Waals surface area contributed by atoms with Crippen molar-refractivity contribution in [3.8, 4) is 0 Å². The van der Waals surface area contributed by atoms with Gasteiger partial charge in [-0.1, -0.05) is 6.07 Å². The van der Waals surface area contributed by atoms with E-state index < -0.39 is 15.8 Å². The Balaban J connectivity index is 2.01. The van der Waals surface area contributed by atoms with Gasteiger partial charge in [-0.2, -0.15) is 4.31 Å². The normalized spacial score (nSPS) is 12.0. The zero-order chi connectivity index (χ0) is 18.0. The lowest BCUT2D eigenvalue weighted by Crippen LogP contribution is -2.31. The lowest BCUT2D eigenvalue weighted by atomic mass is 10.2. The van der Waals surface area contributed by atoms with Crippen LogP contribution in [0.15, 0.2) is 58.9 Å². The van der Waals surface area contributed by atoms with Crippen LogP contribution >= 0.6 is 11.3 Å². The first-order chi connectivity index (χ1) is 11.9. The highest BCUT2D eigenvalue weighted by Gasteiger charge is 2.27. The lowest BCUT2D eigenvalue weighted by molar-refractivity contribution is 0.395. The predicted molar refractivity (Wildman–Crippen MR) is 97.3 cm³/mol. The van der Waals surface area contributed by atoms with Gasteiger partial charge in [-0.15, -0.1) is 11.3 Å². The maximum Gasteiger partial charge on any atom is 0.244 e. The van der Waals surface area contributed by atoms with Gasteiger partial charge in [-0.3, -0.25) is 0 Å². The molecule has 3 aromatic rings. The summed E-state index contributed by atoms with van der Waals surface area (Å²) in [5, 5.41) is 1.92. The number of aryl methyl sites for hydroxylation is 2. The van der Waals surface area contributed by atoms with Crippen LogP contribution in [0.4, 0.5) is 4.39 Å². The molecular weight excluding hydrogens is 359 g/mol. The van der Waals surface area contributed by atoms with Crippen molar-refractivity contribution in [1.82, 2.24) is 8.87 Å². The van der Waals surface area contributed by atoms with Crippen LogP contribution in [0.25, 0.3) is 0 Å². The Morgan fingerprint density at radius 2 is 1.96 bits per heavy atom. The summed E-state index contributed by atoms with van der Waals surface area (Å²) < 4.78 is 43.2. The van der Waals surface area contributed by atoms with Crippen LogP contribution in [0, 0.1) is 12.7 Å². The minimum Gasteiger partial charge on any atom is -0.353 e.